The molecule has 23 heavy (non-hydrogen) atoms. The number of amides is 2. The molecule has 0 radical (unpaired) electrons. The number of hydrogen-bond acceptors (Lipinski definition) is 4. The highest BCUT2D eigenvalue weighted by molar-refractivity contribution is 5.96. The average Bonchev–Trinajstić information content (AvgIpc) is 2.59. The minimum absolute atomic E-state index is 0.0723. The van der Waals surface area contributed by atoms with Gasteiger partial charge in [0.1, 0.15) is 5.75 Å². The molecule has 0 saturated heterocycles. The van der Waals surface area contributed by atoms with Crippen LogP contribution in [0.3, 0.4) is 0 Å². The molecule has 0 atom stereocenters. The maximum Gasteiger partial charge on any atom is 0.251 e. The van der Waals surface area contributed by atoms with Crippen molar-refractivity contribution in [2.45, 2.75) is 13.5 Å². The monoisotopic (exact) mass is 313 g/mol. The summed E-state index contributed by atoms with van der Waals surface area (Å²) in [4.78, 5) is 27.6. The molecule has 6 heteroatoms. The van der Waals surface area contributed by atoms with E-state index in [1.165, 1.54) is 0 Å². The van der Waals surface area contributed by atoms with Crippen molar-refractivity contribution >= 4 is 11.8 Å². The highest BCUT2D eigenvalue weighted by atomic mass is 16.5. The van der Waals surface area contributed by atoms with Crippen molar-refractivity contribution in [1.82, 2.24) is 15.6 Å². The molecule has 0 fully saturated rings. The summed E-state index contributed by atoms with van der Waals surface area (Å²) in [6.45, 7) is 2.80. The van der Waals surface area contributed by atoms with Gasteiger partial charge in [-0.25, -0.2) is 0 Å². The second-order valence-corrected chi connectivity index (χ2v) is 4.77. The van der Waals surface area contributed by atoms with Crippen LogP contribution in [0.15, 0.2) is 48.8 Å². The summed E-state index contributed by atoms with van der Waals surface area (Å²) in [5.74, 6) is 0.160. The van der Waals surface area contributed by atoms with Crippen molar-refractivity contribution in [3.8, 4) is 5.75 Å². The lowest BCUT2D eigenvalue weighted by Crippen LogP contribution is -2.36. The van der Waals surface area contributed by atoms with E-state index in [-0.39, 0.29) is 18.4 Å². The van der Waals surface area contributed by atoms with Crippen molar-refractivity contribution in [2.75, 3.05) is 13.2 Å². The number of ether oxygens (including phenoxy) is 1. The van der Waals surface area contributed by atoms with Crippen LogP contribution in [0.4, 0.5) is 0 Å². The third-order valence-electron chi connectivity index (χ3n) is 3.08. The number of carbonyl (C=O) groups excluding carboxylic acids is 2. The van der Waals surface area contributed by atoms with Crippen LogP contribution in [0.1, 0.15) is 22.8 Å². The van der Waals surface area contributed by atoms with Gasteiger partial charge in [0.2, 0.25) is 5.91 Å². The number of aromatic nitrogens is 1. The van der Waals surface area contributed by atoms with Gasteiger partial charge in [-0.1, -0.05) is 0 Å². The van der Waals surface area contributed by atoms with Crippen LogP contribution < -0.4 is 15.4 Å². The standard InChI is InChI=1S/C17H19N3O3/c1-2-23-15-5-3-14(4-6-15)17(22)20-12-16(21)19-11-13-7-9-18-10-8-13/h3-10H,2,11-12H2,1H3,(H,19,21)(H,20,22). The number of pyridine rings is 1. The molecule has 0 aliphatic rings. The molecule has 0 unspecified atom stereocenters. The Hall–Kier alpha value is -2.89. The zero-order valence-corrected chi connectivity index (χ0v) is 12.9. The fourth-order valence-corrected chi connectivity index (χ4v) is 1.90. The molecule has 0 aliphatic carbocycles. The summed E-state index contributed by atoms with van der Waals surface area (Å²) < 4.78 is 5.31. The Morgan fingerprint density at radius 1 is 1.04 bits per heavy atom. The number of nitrogens with one attached hydrogen (secondary N) is 2. The molecule has 1 heterocycles. The largest absolute Gasteiger partial charge is 0.494 e. The summed E-state index contributed by atoms with van der Waals surface area (Å²) in [6.07, 6.45) is 3.32. The van der Waals surface area contributed by atoms with E-state index in [0.717, 1.165) is 5.56 Å². The number of rotatable bonds is 7. The molecule has 0 bridgehead atoms. The number of carbonyl (C=O) groups is 2. The van der Waals surface area contributed by atoms with E-state index in [9.17, 15) is 9.59 Å². The summed E-state index contributed by atoms with van der Waals surface area (Å²) in [7, 11) is 0. The first-order chi connectivity index (χ1) is 11.2. The molecule has 2 N–H and O–H groups in total. The van der Waals surface area contributed by atoms with Gasteiger partial charge in [0, 0.05) is 24.5 Å². The molecular formula is C17H19N3O3. The van der Waals surface area contributed by atoms with Crippen molar-refractivity contribution < 1.29 is 14.3 Å². The molecule has 0 saturated carbocycles. The maximum absolute atomic E-state index is 12.0. The van der Waals surface area contributed by atoms with E-state index in [2.05, 4.69) is 15.6 Å². The Morgan fingerprint density at radius 3 is 2.39 bits per heavy atom. The highest BCUT2D eigenvalue weighted by Crippen LogP contribution is 2.11. The Labute approximate surface area is 134 Å². The second kappa shape index (κ2) is 8.53. The van der Waals surface area contributed by atoms with E-state index >= 15 is 0 Å². The fraction of sp³-hybridized carbons (Fsp3) is 0.235. The van der Waals surface area contributed by atoms with E-state index in [1.54, 1.807) is 36.7 Å². The third kappa shape index (κ3) is 5.43. The summed E-state index contributed by atoms with van der Waals surface area (Å²) >= 11 is 0. The smallest absolute Gasteiger partial charge is 0.251 e. The van der Waals surface area contributed by atoms with Crippen molar-refractivity contribution in [1.29, 1.82) is 0 Å². The summed E-state index contributed by atoms with van der Waals surface area (Å²) in [5.41, 5.74) is 1.43. The predicted molar refractivity (Wildman–Crippen MR) is 86.0 cm³/mol. The Kier molecular flexibility index (Phi) is 6.11. The molecule has 6 nitrogen and oxygen atoms in total. The minimum atomic E-state index is -0.299. The summed E-state index contributed by atoms with van der Waals surface area (Å²) in [5, 5.41) is 5.31. The normalized spacial score (nSPS) is 9.96. The van der Waals surface area contributed by atoms with E-state index in [1.807, 2.05) is 19.1 Å². The van der Waals surface area contributed by atoms with Crippen LogP contribution >= 0.6 is 0 Å². The summed E-state index contributed by atoms with van der Waals surface area (Å²) in [6, 6.07) is 10.4. The second-order valence-electron chi connectivity index (χ2n) is 4.77. The number of benzene rings is 1. The van der Waals surface area contributed by atoms with Crippen LogP contribution in [0.25, 0.3) is 0 Å². The fourth-order valence-electron chi connectivity index (χ4n) is 1.90. The SMILES string of the molecule is CCOc1ccc(C(=O)NCC(=O)NCc2ccncc2)cc1. The average molecular weight is 313 g/mol. The van der Waals surface area contributed by atoms with Gasteiger partial charge in [0.05, 0.1) is 13.2 Å². The first-order valence-electron chi connectivity index (χ1n) is 7.35. The Bertz CT molecular complexity index is 642. The van der Waals surface area contributed by atoms with Crippen LogP contribution in [-0.2, 0) is 11.3 Å². The minimum Gasteiger partial charge on any atom is -0.494 e. The van der Waals surface area contributed by atoms with Gasteiger partial charge in [-0.3, -0.25) is 14.6 Å². The van der Waals surface area contributed by atoms with Gasteiger partial charge in [-0.15, -0.1) is 0 Å². The zero-order valence-electron chi connectivity index (χ0n) is 12.9. The van der Waals surface area contributed by atoms with Gasteiger partial charge < -0.3 is 15.4 Å². The quantitative estimate of drug-likeness (QED) is 0.812. The van der Waals surface area contributed by atoms with Crippen LogP contribution in [-0.4, -0.2) is 29.9 Å². The van der Waals surface area contributed by atoms with Crippen molar-refractivity contribution in [2.24, 2.45) is 0 Å². The van der Waals surface area contributed by atoms with Gasteiger partial charge in [-0.2, -0.15) is 0 Å². The Morgan fingerprint density at radius 2 is 1.74 bits per heavy atom. The molecule has 2 amide bonds. The molecule has 1 aromatic carbocycles. The molecule has 2 aromatic rings. The van der Waals surface area contributed by atoms with Gasteiger partial charge >= 0.3 is 0 Å². The van der Waals surface area contributed by atoms with Gasteiger partial charge in [0.25, 0.3) is 5.91 Å². The van der Waals surface area contributed by atoms with E-state index < -0.39 is 0 Å². The lowest BCUT2D eigenvalue weighted by atomic mass is 10.2. The molecular weight excluding hydrogens is 294 g/mol. The molecule has 2 rings (SSSR count). The number of nitrogens with zero attached hydrogens (tertiary/aromatic N) is 1. The third-order valence-corrected chi connectivity index (χ3v) is 3.08. The first-order valence-corrected chi connectivity index (χ1v) is 7.35. The molecule has 0 spiro atoms. The van der Waals surface area contributed by atoms with Crippen molar-refractivity contribution in [3.05, 3.63) is 59.9 Å². The van der Waals surface area contributed by atoms with Crippen LogP contribution in [0, 0.1) is 0 Å². The lowest BCUT2D eigenvalue weighted by Gasteiger charge is -2.08. The van der Waals surface area contributed by atoms with Gasteiger partial charge in [-0.05, 0) is 48.9 Å². The topological polar surface area (TPSA) is 80.3 Å². The lowest BCUT2D eigenvalue weighted by molar-refractivity contribution is -0.120. The molecule has 0 aliphatic heterocycles. The zero-order chi connectivity index (χ0) is 16.5. The number of hydrogen-bond donors (Lipinski definition) is 2. The molecule has 120 valence electrons. The molecule has 1 aromatic heterocycles. The van der Waals surface area contributed by atoms with Gasteiger partial charge in [0.15, 0.2) is 0 Å². The van der Waals surface area contributed by atoms with Crippen LogP contribution in [0.5, 0.6) is 5.75 Å². The predicted octanol–water partition coefficient (Wildman–Crippen LogP) is 1.53. The van der Waals surface area contributed by atoms with Crippen molar-refractivity contribution in [3.63, 3.8) is 0 Å². The first kappa shape index (κ1) is 16.5. The highest BCUT2D eigenvalue weighted by Gasteiger charge is 2.08. The maximum atomic E-state index is 12.0. The Balaban J connectivity index is 1.76. The van der Waals surface area contributed by atoms with Crippen LogP contribution in [0.2, 0.25) is 0 Å². The van der Waals surface area contributed by atoms with E-state index in [4.69, 9.17) is 4.74 Å². The van der Waals surface area contributed by atoms with E-state index in [0.29, 0.717) is 24.5 Å².